The van der Waals surface area contributed by atoms with E-state index in [4.69, 9.17) is 5.11 Å². The van der Waals surface area contributed by atoms with Crippen molar-refractivity contribution < 1.29 is 9.90 Å². The molecule has 84 valence electrons. The molecule has 0 saturated heterocycles. The number of carboxylic acids is 1. The minimum Gasteiger partial charge on any atom is -0.476 e. The number of aryl methyl sites for hydroxylation is 1. The highest BCUT2D eigenvalue weighted by Gasteiger charge is 2.08. The number of anilines is 1. The van der Waals surface area contributed by atoms with Crippen LogP contribution in [0, 0.1) is 0 Å². The molecule has 2 heterocycles. The molecule has 0 atom stereocenters. The van der Waals surface area contributed by atoms with E-state index in [1.807, 2.05) is 13.2 Å². The highest BCUT2D eigenvalue weighted by molar-refractivity contribution is 7.11. The molecule has 0 aliphatic carbocycles. The molecule has 0 aromatic carbocycles. The maximum absolute atomic E-state index is 10.6. The third-order valence-corrected chi connectivity index (χ3v) is 2.79. The van der Waals surface area contributed by atoms with Gasteiger partial charge in [0, 0.05) is 18.6 Å². The van der Waals surface area contributed by atoms with Crippen molar-refractivity contribution in [3.05, 3.63) is 28.5 Å². The Hall–Kier alpha value is -1.89. The quantitative estimate of drug-likeness (QED) is 0.836. The first-order valence-corrected chi connectivity index (χ1v) is 5.43. The molecule has 0 spiro atoms. The lowest BCUT2D eigenvalue weighted by Gasteiger charge is -1.98. The summed E-state index contributed by atoms with van der Waals surface area (Å²) in [5.41, 5.74) is 1.60. The van der Waals surface area contributed by atoms with Crippen LogP contribution in [0.25, 0.3) is 0 Å². The van der Waals surface area contributed by atoms with Crippen molar-refractivity contribution in [1.29, 1.82) is 0 Å². The summed E-state index contributed by atoms with van der Waals surface area (Å²) < 4.78 is 1.69. The van der Waals surface area contributed by atoms with Crippen molar-refractivity contribution in [2.75, 3.05) is 5.32 Å². The van der Waals surface area contributed by atoms with E-state index in [1.165, 1.54) is 0 Å². The van der Waals surface area contributed by atoms with E-state index < -0.39 is 5.97 Å². The van der Waals surface area contributed by atoms with Crippen LogP contribution in [0.15, 0.2) is 17.8 Å². The molecule has 0 fully saturated rings. The predicted octanol–water partition coefficient (Wildman–Crippen LogP) is 1.19. The number of hydrogen-bond acceptors (Lipinski definition) is 5. The number of nitrogens with one attached hydrogen (secondary N) is 1. The number of aromatic nitrogens is 3. The minimum absolute atomic E-state index is 0.114. The fourth-order valence-corrected chi connectivity index (χ4v) is 1.85. The third-order valence-electron chi connectivity index (χ3n) is 1.91. The highest BCUT2D eigenvalue weighted by atomic mass is 32.1. The molecule has 0 unspecified atom stereocenters. The first-order chi connectivity index (χ1) is 7.65. The summed E-state index contributed by atoms with van der Waals surface area (Å²) in [4.78, 5) is 14.6. The van der Waals surface area contributed by atoms with Crippen LogP contribution in [0.1, 0.15) is 15.5 Å². The molecule has 0 aliphatic heterocycles. The van der Waals surface area contributed by atoms with Crippen LogP contribution in [0.3, 0.4) is 0 Å². The number of nitrogens with zero attached hydrogens (tertiary/aromatic N) is 3. The number of rotatable bonds is 4. The molecular formula is C9H10N4O2S. The molecule has 0 aliphatic rings. The van der Waals surface area contributed by atoms with Gasteiger partial charge in [-0.2, -0.15) is 5.10 Å². The summed E-state index contributed by atoms with van der Waals surface area (Å²) in [7, 11) is 1.83. The molecule has 2 N–H and O–H groups in total. The fourth-order valence-electron chi connectivity index (χ4n) is 1.19. The van der Waals surface area contributed by atoms with Gasteiger partial charge in [-0.15, -0.1) is 11.3 Å². The second-order valence-electron chi connectivity index (χ2n) is 3.21. The highest BCUT2D eigenvalue weighted by Crippen LogP contribution is 2.11. The van der Waals surface area contributed by atoms with Gasteiger partial charge in [-0.05, 0) is 0 Å². The van der Waals surface area contributed by atoms with E-state index in [1.54, 1.807) is 16.3 Å². The molecule has 0 amide bonds. The fraction of sp³-hybridized carbons (Fsp3) is 0.222. The van der Waals surface area contributed by atoms with Gasteiger partial charge in [-0.25, -0.2) is 9.78 Å². The van der Waals surface area contributed by atoms with Crippen LogP contribution < -0.4 is 5.32 Å². The minimum atomic E-state index is -0.988. The maximum Gasteiger partial charge on any atom is 0.365 e. The molecule has 2 aromatic heterocycles. The molecule has 2 rings (SSSR count). The lowest BCUT2D eigenvalue weighted by Crippen LogP contribution is -2.00. The van der Waals surface area contributed by atoms with Crippen LogP contribution in [-0.2, 0) is 13.6 Å². The van der Waals surface area contributed by atoms with Gasteiger partial charge in [-0.3, -0.25) is 4.68 Å². The predicted molar refractivity (Wildman–Crippen MR) is 59.6 cm³/mol. The second-order valence-corrected chi connectivity index (χ2v) is 4.06. The lowest BCUT2D eigenvalue weighted by molar-refractivity contribution is 0.0696. The van der Waals surface area contributed by atoms with Gasteiger partial charge in [-0.1, -0.05) is 0 Å². The van der Waals surface area contributed by atoms with E-state index in [9.17, 15) is 4.79 Å². The number of carbonyl (C=O) groups is 1. The zero-order valence-corrected chi connectivity index (χ0v) is 9.36. The number of aromatic carboxylic acids is 1. The summed E-state index contributed by atoms with van der Waals surface area (Å²) >= 11 is 1.13. The Balaban J connectivity index is 1.97. The van der Waals surface area contributed by atoms with Crippen molar-refractivity contribution >= 4 is 23.0 Å². The number of thiazole rings is 1. The summed E-state index contributed by atoms with van der Waals surface area (Å²) in [5, 5.41) is 17.7. The van der Waals surface area contributed by atoms with Crippen LogP contribution in [0.4, 0.5) is 5.69 Å². The van der Waals surface area contributed by atoms with Gasteiger partial charge in [0.1, 0.15) is 0 Å². The smallest absolute Gasteiger partial charge is 0.365 e. The van der Waals surface area contributed by atoms with Crippen LogP contribution in [0.5, 0.6) is 0 Å². The van der Waals surface area contributed by atoms with Crippen molar-refractivity contribution in [3.63, 3.8) is 0 Å². The van der Waals surface area contributed by atoms with Crippen LogP contribution in [0.2, 0.25) is 0 Å². The van der Waals surface area contributed by atoms with E-state index in [2.05, 4.69) is 15.4 Å². The Morgan fingerprint density at radius 3 is 3.06 bits per heavy atom. The molecule has 6 nitrogen and oxygen atoms in total. The Kier molecular flexibility index (Phi) is 2.86. The zero-order chi connectivity index (χ0) is 11.5. The van der Waals surface area contributed by atoms with Crippen molar-refractivity contribution in [2.45, 2.75) is 6.54 Å². The first kappa shape index (κ1) is 10.6. The average molecular weight is 238 g/mol. The molecular weight excluding hydrogens is 228 g/mol. The third kappa shape index (κ3) is 2.37. The second kappa shape index (κ2) is 4.31. The Labute approximate surface area is 95.6 Å². The average Bonchev–Trinajstić information content (AvgIpc) is 2.83. The molecule has 0 bridgehead atoms. The van der Waals surface area contributed by atoms with E-state index in [0.29, 0.717) is 12.2 Å². The van der Waals surface area contributed by atoms with Gasteiger partial charge in [0.15, 0.2) is 0 Å². The molecule has 0 saturated carbocycles. The van der Waals surface area contributed by atoms with Gasteiger partial charge in [0.25, 0.3) is 0 Å². The standard InChI is InChI=1S/C9H10N4O2S/c1-13-4-6(3-11-13)10-2-7-5-16-8(12-7)9(14)15/h3-5,10H,2H2,1H3,(H,14,15). The lowest BCUT2D eigenvalue weighted by atomic mass is 10.4. The molecule has 2 aromatic rings. The van der Waals surface area contributed by atoms with Crippen LogP contribution >= 0.6 is 11.3 Å². The van der Waals surface area contributed by atoms with Gasteiger partial charge >= 0.3 is 5.97 Å². The molecule has 7 heteroatoms. The molecule has 0 radical (unpaired) electrons. The van der Waals surface area contributed by atoms with Gasteiger partial charge in [0.05, 0.1) is 24.1 Å². The zero-order valence-electron chi connectivity index (χ0n) is 8.54. The van der Waals surface area contributed by atoms with Crippen LogP contribution in [-0.4, -0.2) is 25.8 Å². The SMILES string of the molecule is Cn1cc(NCc2csc(C(=O)O)n2)cn1. The van der Waals surface area contributed by atoms with E-state index >= 15 is 0 Å². The van der Waals surface area contributed by atoms with E-state index in [-0.39, 0.29) is 5.01 Å². The summed E-state index contributed by atoms with van der Waals surface area (Å²) in [5.74, 6) is -0.988. The summed E-state index contributed by atoms with van der Waals surface area (Å²) in [6, 6.07) is 0. The number of hydrogen-bond donors (Lipinski definition) is 2. The Morgan fingerprint density at radius 2 is 2.50 bits per heavy atom. The number of carboxylic acid groups (broad SMARTS) is 1. The van der Waals surface area contributed by atoms with Crippen molar-refractivity contribution in [3.8, 4) is 0 Å². The largest absolute Gasteiger partial charge is 0.476 e. The van der Waals surface area contributed by atoms with Gasteiger partial charge < -0.3 is 10.4 Å². The monoisotopic (exact) mass is 238 g/mol. The van der Waals surface area contributed by atoms with Crippen molar-refractivity contribution in [1.82, 2.24) is 14.8 Å². The molecule has 16 heavy (non-hydrogen) atoms. The maximum atomic E-state index is 10.6. The Bertz CT molecular complexity index is 505. The topological polar surface area (TPSA) is 80.0 Å². The Morgan fingerprint density at radius 1 is 1.69 bits per heavy atom. The van der Waals surface area contributed by atoms with E-state index in [0.717, 1.165) is 17.0 Å². The summed E-state index contributed by atoms with van der Waals surface area (Å²) in [6.45, 7) is 0.496. The van der Waals surface area contributed by atoms with Crippen molar-refractivity contribution in [2.24, 2.45) is 7.05 Å². The van der Waals surface area contributed by atoms with Gasteiger partial charge in [0.2, 0.25) is 5.01 Å². The summed E-state index contributed by atoms with van der Waals surface area (Å²) in [6.07, 6.45) is 3.54. The normalized spacial score (nSPS) is 10.3. The first-order valence-electron chi connectivity index (χ1n) is 4.55.